The predicted octanol–water partition coefficient (Wildman–Crippen LogP) is 2.94. The van der Waals surface area contributed by atoms with E-state index in [-0.39, 0.29) is 0 Å². The van der Waals surface area contributed by atoms with Gasteiger partial charge >= 0.3 is 0 Å². The van der Waals surface area contributed by atoms with Crippen molar-refractivity contribution in [3.05, 3.63) is 34.9 Å². The number of hydrogen-bond acceptors (Lipinski definition) is 3. The van der Waals surface area contributed by atoms with Gasteiger partial charge in [0.2, 0.25) is 0 Å². The highest BCUT2D eigenvalue weighted by Gasteiger charge is 2.25. The Morgan fingerprint density at radius 2 is 1.50 bits per heavy atom. The highest BCUT2D eigenvalue weighted by atomic mass is 16.3. The lowest BCUT2D eigenvalue weighted by molar-refractivity contribution is 0.0128. The Kier molecular flexibility index (Phi) is 6.66. The van der Waals surface area contributed by atoms with Gasteiger partial charge in [-0.05, 0) is 48.5 Å². The predicted molar refractivity (Wildman–Crippen MR) is 84.1 cm³/mol. The van der Waals surface area contributed by atoms with Crippen LogP contribution in [0.15, 0.2) is 18.2 Å². The molecule has 0 amide bonds. The summed E-state index contributed by atoms with van der Waals surface area (Å²) in [5, 5.41) is 23.8. The summed E-state index contributed by atoms with van der Waals surface area (Å²) in [6, 6.07) is 6.15. The maximum absolute atomic E-state index is 10.6. The third kappa shape index (κ3) is 4.05. The van der Waals surface area contributed by atoms with E-state index in [1.165, 1.54) is 0 Å². The van der Waals surface area contributed by atoms with Crippen LogP contribution in [0, 0.1) is 0 Å². The van der Waals surface area contributed by atoms with E-state index in [4.69, 9.17) is 0 Å². The summed E-state index contributed by atoms with van der Waals surface area (Å²) in [4.78, 5) is 0. The van der Waals surface area contributed by atoms with Crippen molar-refractivity contribution < 1.29 is 10.2 Å². The van der Waals surface area contributed by atoms with Crippen LogP contribution in [0.4, 0.5) is 0 Å². The first kappa shape index (κ1) is 17.2. The van der Waals surface area contributed by atoms with Gasteiger partial charge in [0.25, 0.3) is 0 Å². The monoisotopic (exact) mass is 279 g/mol. The summed E-state index contributed by atoms with van der Waals surface area (Å²) in [5.41, 5.74) is 3.18. The maximum Gasteiger partial charge on any atom is 0.105 e. The molecule has 0 fully saturated rings. The second kappa shape index (κ2) is 7.77. The summed E-state index contributed by atoms with van der Waals surface area (Å²) in [6.07, 6.45) is -1.01. The van der Waals surface area contributed by atoms with Gasteiger partial charge in [0.15, 0.2) is 0 Å². The molecule has 2 unspecified atom stereocenters. The Morgan fingerprint density at radius 1 is 1.00 bits per heavy atom. The van der Waals surface area contributed by atoms with E-state index < -0.39 is 12.2 Å². The molecule has 0 spiro atoms. The summed E-state index contributed by atoms with van der Waals surface area (Å²) < 4.78 is 0. The molecule has 3 nitrogen and oxygen atoms in total. The third-order valence-electron chi connectivity index (χ3n) is 3.77. The summed E-state index contributed by atoms with van der Waals surface area (Å²) >= 11 is 0. The number of aliphatic hydroxyl groups is 2. The first-order valence-electron chi connectivity index (χ1n) is 7.53. The van der Waals surface area contributed by atoms with Crippen LogP contribution >= 0.6 is 0 Å². The molecule has 0 saturated carbocycles. The van der Waals surface area contributed by atoms with E-state index in [1.807, 2.05) is 13.1 Å². The zero-order valence-corrected chi connectivity index (χ0v) is 13.4. The maximum atomic E-state index is 10.6. The molecule has 114 valence electrons. The van der Waals surface area contributed by atoms with Crippen molar-refractivity contribution in [2.45, 2.75) is 58.2 Å². The molecule has 1 aromatic rings. The molecule has 20 heavy (non-hydrogen) atoms. The van der Waals surface area contributed by atoms with Gasteiger partial charge in [-0.1, -0.05) is 45.9 Å². The van der Waals surface area contributed by atoms with Gasteiger partial charge in [0.05, 0.1) is 6.10 Å². The quantitative estimate of drug-likeness (QED) is 0.719. The number of hydrogen-bond donors (Lipinski definition) is 3. The summed E-state index contributed by atoms with van der Waals surface area (Å²) in [5.74, 6) is 0.657. The molecule has 2 atom stereocenters. The van der Waals surface area contributed by atoms with E-state index in [1.54, 1.807) is 0 Å². The lowest BCUT2D eigenvalue weighted by Crippen LogP contribution is -2.25. The molecule has 0 radical (unpaired) electrons. The average molecular weight is 279 g/mol. The van der Waals surface area contributed by atoms with Crippen LogP contribution in [0.25, 0.3) is 0 Å². The highest BCUT2D eigenvalue weighted by molar-refractivity contribution is 5.41. The van der Waals surface area contributed by atoms with Crippen LogP contribution in [-0.2, 0) is 0 Å². The van der Waals surface area contributed by atoms with E-state index in [9.17, 15) is 10.2 Å². The van der Waals surface area contributed by atoms with Gasteiger partial charge in [-0.15, -0.1) is 0 Å². The summed E-state index contributed by atoms with van der Waals surface area (Å²) in [6.45, 7) is 9.18. The largest absolute Gasteiger partial charge is 0.390 e. The fraction of sp³-hybridized carbons (Fsp3) is 0.647. The van der Waals surface area contributed by atoms with Crippen LogP contribution < -0.4 is 5.32 Å². The Hall–Kier alpha value is -0.900. The number of nitrogens with one attached hydrogen (secondary N) is 1. The normalized spacial score (nSPS) is 14.8. The number of benzene rings is 1. The minimum Gasteiger partial charge on any atom is -0.390 e. The van der Waals surface area contributed by atoms with Crippen molar-refractivity contribution in [1.82, 2.24) is 5.32 Å². The van der Waals surface area contributed by atoms with Crippen molar-refractivity contribution in [3.63, 3.8) is 0 Å². The molecule has 0 saturated heterocycles. The highest BCUT2D eigenvalue weighted by Crippen LogP contribution is 2.34. The van der Waals surface area contributed by atoms with Gasteiger partial charge in [-0.3, -0.25) is 0 Å². The topological polar surface area (TPSA) is 52.5 Å². The van der Waals surface area contributed by atoms with Gasteiger partial charge in [-0.25, -0.2) is 0 Å². The molecule has 0 aliphatic rings. The SMILES string of the molecule is CNCCC(O)C(O)c1c(C(C)C)cccc1C(C)C. The van der Waals surface area contributed by atoms with Crippen LogP contribution in [0.2, 0.25) is 0 Å². The molecule has 0 aliphatic carbocycles. The number of rotatable bonds is 7. The first-order valence-corrected chi connectivity index (χ1v) is 7.53. The Labute approximate surface area is 123 Å². The third-order valence-corrected chi connectivity index (χ3v) is 3.77. The molecule has 0 aromatic heterocycles. The molecular weight excluding hydrogens is 250 g/mol. The second-order valence-electron chi connectivity index (χ2n) is 6.06. The van der Waals surface area contributed by atoms with Crippen LogP contribution in [0.5, 0.6) is 0 Å². The fourth-order valence-electron chi connectivity index (χ4n) is 2.59. The zero-order chi connectivity index (χ0) is 15.3. The van der Waals surface area contributed by atoms with E-state index >= 15 is 0 Å². The van der Waals surface area contributed by atoms with Gasteiger partial charge in [0, 0.05) is 0 Å². The van der Waals surface area contributed by atoms with Crippen molar-refractivity contribution in [1.29, 1.82) is 0 Å². The van der Waals surface area contributed by atoms with Crippen molar-refractivity contribution in [3.8, 4) is 0 Å². The van der Waals surface area contributed by atoms with Crippen molar-refractivity contribution >= 4 is 0 Å². The lowest BCUT2D eigenvalue weighted by Gasteiger charge is -2.26. The van der Waals surface area contributed by atoms with Crippen molar-refractivity contribution in [2.24, 2.45) is 0 Å². The van der Waals surface area contributed by atoms with Gasteiger partial charge in [0.1, 0.15) is 6.10 Å². The standard InChI is InChI=1S/C17H29NO2/c1-11(2)13-7-6-8-14(12(3)4)16(13)17(20)15(19)9-10-18-5/h6-8,11-12,15,17-20H,9-10H2,1-5H3. The van der Waals surface area contributed by atoms with Crippen LogP contribution in [0.3, 0.4) is 0 Å². The Morgan fingerprint density at radius 3 is 1.90 bits per heavy atom. The lowest BCUT2D eigenvalue weighted by atomic mass is 9.84. The minimum absolute atomic E-state index is 0.329. The molecule has 0 aliphatic heterocycles. The van der Waals surface area contributed by atoms with E-state index in [2.05, 4.69) is 45.1 Å². The second-order valence-corrected chi connectivity index (χ2v) is 6.06. The Bertz CT molecular complexity index is 389. The molecule has 1 rings (SSSR count). The van der Waals surface area contributed by atoms with E-state index in [0.29, 0.717) is 24.8 Å². The molecule has 3 N–H and O–H groups in total. The average Bonchev–Trinajstić information content (AvgIpc) is 2.42. The fourth-order valence-corrected chi connectivity index (χ4v) is 2.59. The Balaban J connectivity index is 3.18. The molecular formula is C17H29NO2. The van der Waals surface area contributed by atoms with Crippen molar-refractivity contribution in [2.75, 3.05) is 13.6 Å². The first-order chi connectivity index (χ1) is 9.40. The number of aliphatic hydroxyl groups excluding tert-OH is 2. The van der Waals surface area contributed by atoms with Crippen LogP contribution in [-0.4, -0.2) is 29.9 Å². The molecule has 0 bridgehead atoms. The van der Waals surface area contributed by atoms with Crippen LogP contribution in [0.1, 0.15) is 68.7 Å². The van der Waals surface area contributed by atoms with Gasteiger partial charge < -0.3 is 15.5 Å². The molecule has 1 aromatic carbocycles. The molecule has 0 heterocycles. The smallest absolute Gasteiger partial charge is 0.105 e. The zero-order valence-electron chi connectivity index (χ0n) is 13.4. The van der Waals surface area contributed by atoms with E-state index in [0.717, 1.165) is 16.7 Å². The summed E-state index contributed by atoms with van der Waals surface area (Å²) in [7, 11) is 1.85. The minimum atomic E-state index is -0.820. The molecule has 3 heteroatoms. The van der Waals surface area contributed by atoms with Gasteiger partial charge in [-0.2, -0.15) is 0 Å².